The minimum Gasteiger partial charge on any atom is -0.489 e. The van der Waals surface area contributed by atoms with Crippen LogP contribution in [0.4, 0.5) is 5.69 Å². The van der Waals surface area contributed by atoms with E-state index >= 15 is 0 Å². The molecule has 7 nitrogen and oxygen atoms in total. The fourth-order valence-corrected chi connectivity index (χ4v) is 5.22. The van der Waals surface area contributed by atoms with Gasteiger partial charge in [-0.2, -0.15) is 0 Å². The maximum absolute atomic E-state index is 12.5. The highest BCUT2D eigenvalue weighted by atomic mass is 32.2. The molecule has 186 valence electrons. The topological polar surface area (TPSA) is 79.0 Å². The van der Waals surface area contributed by atoms with Crippen molar-refractivity contribution in [3.8, 4) is 5.75 Å². The third kappa shape index (κ3) is 8.02. The van der Waals surface area contributed by atoms with Gasteiger partial charge >= 0.3 is 0 Å². The van der Waals surface area contributed by atoms with Gasteiger partial charge in [-0.3, -0.25) is 9.10 Å². The van der Waals surface area contributed by atoms with Crippen LogP contribution >= 0.6 is 0 Å². The summed E-state index contributed by atoms with van der Waals surface area (Å²) in [6, 6.07) is 17.2. The number of benzene rings is 2. The van der Waals surface area contributed by atoms with E-state index in [1.807, 2.05) is 30.3 Å². The summed E-state index contributed by atoms with van der Waals surface area (Å²) >= 11 is 0. The number of anilines is 1. The first-order valence-corrected chi connectivity index (χ1v) is 14.0. The van der Waals surface area contributed by atoms with Gasteiger partial charge in [0.25, 0.3) is 0 Å². The minimum absolute atomic E-state index is 0.246. The Hall–Kier alpha value is -2.58. The number of nitrogens with one attached hydrogen (secondary N) is 1. The third-order valence-corrected chi connectivity index (χ3v) is 7.37. The molecule has 0 bridgehead atoms. The Morgan fingerprint density at radius 3 is 2.53 bits per heavy atom. The molecule has 1 heterocycles. The van der Waals surface area contributed by atoms with E-state index in [9.17, 15) is 13.2 Å². The van der Waals surface area contributed by atoms with Crippen molar-refractivity contribution in [1.29, 1.82) is 0 Å². The van der Waals surface area contributed by atoms with Gasteiger partial charge in [0.1, 0.15) is 18.9 Å². The number of ether oxygens (including phenoxy) is 1. The van der Waals surface area contributed by atoms with Crippen molar-refractivity contribution in [2.45, 2.75) is 51.7 Å². The van der Waals surface area contributed by atoms with Crippen molar-refractivity contribution in [3.63, 3.8) is 0 Å². The zero-order valence-electron chi connectivity index (χ0n) is 20.3. The first-order chi connectivity index (χ1) is 16.4. The Bertz CT molecular complexity index is 996. The van der Waals surface area contributed by atoms with E-state index in [0.29, 0.717) is 30.6 Å². The van der Waals surface area contributed by atoms with Crippen molar-refractivity contribution in [2.75, 3.05) is 36.7 Å². The highest BCUT2D eigenvalue weighted by Gasteiger charge is 2.22. The van der Waals surface area contributed by atoms with E-state index in [1.54, 1.807) is 24.3 Å². The van der Waals surface area contributed by atoms with Crippen LogP contribution in [-0.2, 0) is 21.4 Å². The van der Waals surface area contributed by atoms with Crippen LogP contribution in [0.2, 0.25) is 0 Å². The second-order valence-electron chi connectivity index (χ2n) is 8.84. The van der Waals surface area contributed by atoms with Gasteiger partial charge in [-0.15, -0.1) is 0 Å². The number of carbonyl (C=O) groups is 1. The molecule has 1 fully saturated rings. The van der Waals surface area contributed by atoms with Gasteiger partial charge in [0, 0.05) is 19.1 Å². The molecular formula is C26H37N3O4S. The monoisotopic (exact) mass is 487 g/mol. The molecule has 1 unspecified atom stereocenters. The molecule has 0 aromatic heterocycles. The van der Waals surface area contributed by atoms with Gasteiger partial charge in [0.2, 0.25) is 15.9 Å². The number of nitrogens with zero attached hydrogens (tertiary/aromatic N) is 2. The summed E-state index contributed by atoms with van der Waals surface area (Å²) < 4.78 is 31.7. The van der Waals surface area contributed by atoms with E-state index in [4.69, 9.17) is 4.74 Å². The van der Waals surface area contributed by atoms with Crippen LogP contribution in [0.25, 0.3) is 0 Å². The van der Waals surface area contributed by atoms with Crippen molar-refractivity contribution < 1.29 is 17.9 Å². The fourth-order valence-electron chi connectivity index (χ4n) is 4.36. The summed E-state index contributed by atoms with van der Waals surface area (Å²) in [5.74, 6) is 0.328. The Labute approximate surface area is 204 Å². The lowest BCUT2D eigenvalue weighted by Gasteiger charge is -2.35. The van der Waals surface area contributed by atoms with Crippen LogP contribution in [0.15, 0.2) is 54.6 Å². The smallest absolute Gasteiger partial charge is 0.240 e. The number of sulfonamides is 1. The molecule has 1 aliphatic heterocycles. The highest BCUT2D eigenvalue weighted by Crippen LogP contribution is 2.22. The molecule has 1 saturated heterocycles. The third-order valence-electron chi connectivity index (χ3n) is 6.23. The number of piperidine rings is 1. The van der Waals surface area contributed by atoms with Gasteiger partial charge in [-0.1, -0.05) is 43.7 Å². The van der Waals surface area contributed by atoms with E-state index in [-0.39, 0.29) is 12.5 Å². The van der Waals surface area contributed by atoms with Gasteiger partial charge in [0.15, 0.2) is 0 Å². The predicted molar refractivity (Wildman–Crippen MR) is 137 cm³/mol. The number of hydrogen-bond donors (Lipinski definition) is 1. The fraction of sp³-hybridized carbons (Fsp3) is 0.500. The Kier molecular flexibility index (Phi) is 9.77. The average Bonchev–Trinajstić information content (AvgIpc) is 2.84. The van der Waals surface area contributed by atoms with Gasteiger partial charge < -0.3 is 15.0 Å². The molecule has 0 aliphatic carbocycles. The number of carbonyl (C=O) groups excluding carboxylic acids is 1. The average molecular weight is 488 g/mol. The van der Waals surface area contributed by atoms with Crippen molar-refractivity contribution in [1.82, 2.24) is 10.2 Å². The molecule has 1 aliphatic rings. The largest absolute Gasteiger partial charge is 0.489 e. The minimum atomic E-state index is -3.62. The lowest BCUT2D eigenvalue weighted by Crippen LogP contribution is -2.42. The first kappa shape index (κ1) is 26.0. The van der Waals surface area contributed by atoms with Crippen LogP contribution in [0.5, 0.6) is 5.75 Å². The normalized spacial score (nSPS) is 16.7. The molecule has 0 radical (unpaired) electrons. The van der Waals surface area contributed by atoms with Gasteiger partial charge in [-0.25, -0.2) is 8.42 Å². The zero-order chi connectivity index (χ0) is 24.4. The Morgan fingerprint density at radius 1 is 1.12 bits per heavy atom. The lowest BCUT2D eigenvalue weighted by atomic mass is 10.00. The Morgan fingerprint density at radius 2 is 1.85 bits per heavy atom. The SMILES string of the molecule is CCC1CCCCN1CCCNC(=O)CN(c1ccc(OCc2ccccc2)cc1)S(C)(=O)=O. The summed E-state index contributed by atoms with van der Waals surface area (Å²) in [6.07, 6.45) is 6.92. The molecule has 34 heavy (non-hydrogen) atoms. The molecule has 1 atom stereocenters. The maximum atomic E-state index is 12.5. The van der Waals surface area contributed by atoms with Crippen molar-refractivity contribution >= 4 is 21.6 Å². The van der Waals surface area contributed by atoms with E-state index < -0.39 is 10.0 Å². The van der Waals surface area contributed by atoms with E-state index in [2.05, 4.69) is 17.1 Å². The Balaban J connectivity index is 1.49. The summed E-state index contributed by atoms with van der Waals surface area (Å²) in [5.41, 5.74) is 1.48. The van der Waals surface area contributed by atoms with Crippen LogP contribution < -0.4 is 14.4 Å². The maximum Gasteiger partial charge on any atom is 0.240 e. The molecule has 2 aromatic rings. The van der Waals surface area contributed by atoms with Crippen molar-refractivity contribution in [2.24, 2.45) is 0 Å². The molecule has 3 rings (SSSR count). The number of hydrogen-bond acceptors (Lipinski definition) is 5. The summed E-state index contributed by atoms with van der Waals surface area (Å²) in [7, 11) is -3.62. The van der Waals surface area contributed by atoms with Crippen LogP contribution in [0.3, 0.4) is 0 Å². The standard InChI is InChI=1S/C26H37N3O4S/c1-3-23-12-7-8-18-28(23)19-9-17-27-26(30)20-29(34(2,31)32)24-13-15-25(16-14-24)33-21-22-10-5-4-6-11-22/h4-6,10-11,13-16,23H,3,7-9,12,17-21H2,1-2H3,(H,27,30). The van der Waals surface area contributed by atoms with Gasteiger partial charge in [-0.05, 0) is 62.1 Å². The molecular weight excluding hydrogens is 450 g/mol. The molecule has 2 aromatic carbocycles. The van der Waals surface area contributed by atoms with E-state index in [0.717, 1.165) is 42.1 Å². The highest BCUT2D eigenvalue weighted by molar-refractivity contribution is 7.92. The summed E-state index contributed by atoms with van der Waals surface area (Å²) in [6.45, 7) is 5.03. The number of amides is 1. The summed E-state index contributed by atoms with van der Waals surface area (Å²) in [4.78, 5) is 15.0. The second-order valence-corrected chi connectivity index (χ2v) is 10.7. The van der Waals surface area contributed by atoms with Crippen LogP contribution in [0.1, 0.15) is 44.6 Å². The number of rotatable bonds is 12. The van der Waals surface area contributed by atoms with Crippen LogP contribution in [0, 0.1) is 0 Å². The molecule has 0 saturated carbocycles. The zero-order valence-corrected chi connectivity index (χ0v) is 21.1. The number of likely N-dealkylation sites (tertiary alicyclic amines) is 1. The van der Waals surface area contributed by atoms with Gasteiger partial charge in [0.05, 0.1) is 11.9 Å². The van der Waals surface area contributed by atoms with E-state index in [1.165, 1.54) is 19.3 Å². The first-order valence-electron chi connectivity index (χ1n) is 12.1. The lowest BCUT2D eigenvalue weighted by molar-refractivity contribution is -0.119. The molecule has 8 heteroatoms. The van der Waals surface area contributed by atoms with Crippen molar-refractivity contribution in [3.05, 3.63) is 60.2 Å². The predicted octanol–water partition coefficient (Wildman–Crippen LogP) is 3.80. The molecule has 0 spiro atoms. The second kappa shape index (κ2) is 12.8. The quantitative estimate of drug-likeness (QED) is 0.461. The molecule has 1 amide bonds. The van der Waals surface area contributed by atoms with Crippen LogP contribution in [-0.4, -0.2) is 57.7 Å². The summed E-state index contributed by atoms with van der Waals surface area (Å²) in [5, 5.41) is 2.88. The molecule has 1 N–H and O–H groups in total.